The van der Waals surface area contributed by atoms with E-state index < -0.39 is 23.7 Å². The van der Waals surface area contributed by atoms with E-state index in [-0.39, 0.29) is 0 Å². The molecule has 7 heteroatoms. The van der Waals surface area contributed by atoms with Crippen LogP contribution in [-0.2, 0) is 0 Å². The Morgan fingerprint density at radius 1 is 1.25 bits per heavy atom. The Labute approximate surface area is 69.1 Å². The van der Waals surface area contributed by atoms with Crippen LogP contribution in [0.5, 0.6) is 0 Å². The summed E-state index contributed by atoms with van der Waals surface area (Å²) in [5.41, 5.74) is -0.949. The minimum absolute atomic E-state index is 0.430. The third-order valence-corrected chi connectivity index (χ3v) is 2.19. The predicted molar refractivity (Wildman–Crippen MR) is 38.0 cm³/mol. The summed E-state index contributed by atoms with van der Waals surface area (Å²) in [5, 5.41) is 0.710. The van der Waals surface area contributed by atoms with Crippen molar-refractivity contribution < 1.29 is 21.7 Å². The maximum atomic E-state index is 11.9. The number of thiophene rings is 1. The molecule has 68 valence electrons. The SMILES string of the molecule is FC(F)c1cc([B-](F)(F)F)cs1. The Balaban J connectivity index is 2.92. The van der Waals surface area contributed by atoms with Crippen molar-refractivity contribution in [3.8, 4) is 0 Å². The monoisotopic (exact) mass is 201 g/mol. The van der Waals surface area contributed by atoms with E-state index in [1.54, 1.807) is 0 Å². The molecule has 0 spiro atoms. The van der Waals surface area contributed by atoms with Gasteiger partial charge in [0.2, 0.25) is 0 Å². The van der Waals surface area contributed by atoms with Crippen LogP contribution < -0.4 is 5.46 Å². The zero-order valence-corrected chi connectivity index (χ0v) is 6.42. The van der Waals surface area contributed by atoms with Gasteiger partial charge in [0.1, 0.15) is 0 Å². The minimum Gasteiger partial charge on any atom is -0.445 e. The third-order valence-electron chi connectivity index (χ3n) is 1.23. The molecule has 0 aliphatic rings. The highest BCUT2D eigenvalue weighted by Gasteiger charge is 2.27. The molecule has 0 fully saturated rings. The number of hydrogen-bond donors (Lipinski definition) is 0. The van der Waals surface area contributed by atoms with Crippen molar-refractivity contribution >= 4 is 23.8 Å². The largest absolute Gasteiger partial charge is 0.510 e. The molecule has 1 rings (SSSR count). The fourth-order valence-electron chi connectivity index (χ4n) is 0.654. The molecule has 1 aromatic rings. The highest BCUT2D eigenvalue weighted by Crippen LogP contribution is 2.24. The van der Waals surface area contributed by atoms with Gasteiger partial charge in [0.25, 0.3) is 6.43 Å². The average Bonchev–Trinajstić information content (AvgIpc) is 2.30. The summed E-state index contributed by atoms with van der Waals surface area (Å²) in [4.78, 5) is -0.538. The lowest BCUT2D eigenvalue weighted by molar-refractivity contribution is 0.155. The van der Waals surface area contributed by atoms with Gasteiger partial charge >= 0.3 is 6.98 Å². The van der Waals surface area contributed by atoms with E-state index in [2.05, 4.69) is 0 Å². The van der Waals surface area contributed by atoms with Crippen molar-refractivity contribution in [3.05, 3.63) is 16.3 Å². The highest BCUT2D eigenvalue weighted by molar-refractivity contribution is 7.11. The molecule has 0 unspecified atom stereocenters. The Hall–Kier alpha value is -0.585. The molecule has 0 aliphatic heterocycles. The quantitative estimate of drug-likeness (QED) is 0.509. The zero-order valence-electron chi connectivity index (χ0n) is 5.61. The molecule has 0 N–H and O–H groups in total. The van der Waals surface area contributed by atoms with Crippen LogP contribution in [0, 0.1) is 0 Å². The lowest BCUT2D eigenvalue weighted by atomic mass is 9.82. The summed E-state index contributed by atoms with van der Waals surface area (Å²) in [6.07, 6.45) is -2.82. The first kappa shape index (κ1) is 9.50. The minimum atomic E-state index is -5.13. The van der Waals surface area contributed by atoms with Crippen molar-refractivity contribution in [2.24, 2.45) is 0 Å². The van der Waals surface area contributed by atoms with Crippen LogP contribution in [0.15, 0.2) is 11.4 Å². The molecular weight excluding hydrogens is 198 g/mol. The van der Waals surface area contributed by atoms with E-state index in [4.69, 9.17) is 0 Å². The Morgan fingerprint density at radius 2 is 1.83 bits per heavy atom. The Bertz CT molecular complexity index is 265. The summed E-state index contributed by atoms with van der Waals surface area (Å²) in [5.74, 6) is 0. The highest BCUT2D eigenvalue weighted by atomic mass is 32.1. The van der Waals surface area contributed by atoms with Crippen LogP contribution in [0.3, 0.4) is 0 Å². The molecule has 0 atom stereocenters. The normalized spacial score (nSPS) is 12.5. The molecule has 0 bridgehead atoms. The van der Waals surface area contributed by atoms with E-state index in [0.717, 1.165) is 0 Å². The first-order valence-electron chi connectivity index (χ1n) is 2.97. The number of halogens is 5. The van der Waals surface area contributed by atoms with Crippen LogP contribution in [-0.4, -0.2) is 6.98 Å². The fourth-order valence-corrected chi connectivity index (χ4v) is 1.46. The molecule has 1 aromatic heterocycles. The predicted octanol–water partition coefficient (Wildman–Crippen LogP) is 2.74. The van der Waals surface area contributed by atoms with E-state index in [9.17, 15) is 21.7 Å². The third kappa shape index (κ3) is 1.97. The lowest BCUT2D eigenvalue weighted by Gasteiger charge is -2.10. The molecule has 0 amide bonds. The van der Waals surface area contributed by atoms with E-state index >= 15 is 0 Å². The molecule has 0 radical (unpaired) electrons. The van der Waals surface area contributed by atoms with Crippen molar-refractivity contribution in [1.82, 2.24) is 0 Å². The van der Waals surface area contributed by atoms with Gasteiger partial charge in [0.15, 0.2) is 0 Å². The van der Waals surface area contributed by atoms with Gasteiger partial charge in [-0.05, 0) is 5.38 Å². The number of hydrogen-bond acceptors (Lipinski definition) is 1. The maximum absolute atomic E-state index is 11.9. The van der Waals surface area contributed by atoms with E-state index in [0.29, 0.717) is 22.8 Å². The van der Waals surface area contributed by atoms with Gasteiger partial charge in [-0.25, -0.2) is 8.78 Å². The number of rotatable bonds is 2. The zero-order chi connectivity index (χ0) is 9.35. The van der Waals surface area contributed by atoms with Crippen molar-refractivity contribution in [3.63, 3.8) is 0 Å². The second-order valence-corrected chi connectivity index (χ2v) is 3.10. The van der Waals surface area contributed by atoms with Crippen LogP contribution in [0.4, 0.5) is 21.7 Å². The second-order valence-electron chi connectivity index (χ2n) is 2.16. The van der Waals surface area contributed by atoms with Crippen molar-refractivity contribution in [2.45, 2.75) is 6.43 Å². The van der Waals surface area contributed by atoms with Gasteiger partial charge in [-0.2, -0.15) is 0 Å². The lowest BCUT2D eigenvalue weighted by Crippen LogP contribution is -2.32. The van der Waals surface area contributed by atoms with Gasteiger partial charge < -0.3 is 12.9 Å². The second kappa shape index (κ2) is 3.04. The summed E-state index contributed by atoms with van der Waals surface area (Å²) in [7, 11) is 0. The Morgan fingerprint density at radius 3 is 2.08 bits per heavy atom. The molecule has 0 saturated carbocycles. The fraction of sp³-hybridized carbons (Fsp3) is 0.200. The van der Waals surface area contributed by atoms with Crippen LogP contribution in [0.25, 0.3) is 0 Å². The molecule has 12 heavy (non-hydrogen) atoms. The van der Waals surface area contributed by atoms with E-state index in [1.807, 2.05) is 0 Å². The van der Waals surface area contributed by atoms with Gasteiger partial charge in [-0.1, -0.05) is 11.5 Å². The van der Waals surface area contributed by atoms with E-state index in [1.165, 1.54) is 0 Å². The van der Waals surface area contributed by atoms with Gasteiger partial charge in [-0.15, -0.1) is 11.3 Å². The van der Waals surface area contributed by atoms with Crippen LogP contribution >= 0.6 is 11.3 Å². The molecule has 0 saturated heterocycles. The summed E-state index contributed by atoms with van der Waals surface area (Å²) >= 11 is 0.430. The van der Waals surface area contributed by atoms with Gasteiger partial charge in [-0.3, -0.25) is 0 Å². The molecule has 1 heterocycles. The standard InChI is InChI=1S/C5H3BF5S/c7-5(8)4-1-3(2-12-4)6(9,10)11/h1-2,5H/q-1. The average molecular weight is 201 g/mol. The molecule has 0 nitrogen and oxygen atoms in total. The maximum Gasteiger partial charge on any atom is 0.510 e. The van der Waals surface area contributed by atoms with Gasteiger partial charge in [0, 0.05) is 0 Å². The van der Waals surface area contributed by atoms with Crippen molar-refractivity contribution in [1.29, 1.82) is 0 Å². The molecule has 0 aliphatic carbocycles. The van der Waals surface area contributed by atoms with Crippen LogP contribution in [0.1, 0.15) is 11.3 Å². The first-order chi connectivity index (χ1) is 5.41. The first-order valence-corrected chi connectivity index (χ1v) is 3.85. The Kier molecular flexibility index (Phi) is 2.41. The topological polar surface area (TPSA) is 0 Å². The number of alkyl halides is 2. The summed E-state index contributed by atoms with van der Waals surface area (Å²) in [6.45, 7) is -5.13. The molecule has 0 aromatic carbocycles. The summed E-state index contributed by atoms with van der Waals surface area (Å²) in [6, 6.07) is 0.495. The van der Waals surface area contributed by atoms with Gasteiger partial charge in [0.05, 0.1) is 4.88 Å². The van der Waals surface area contributed by atoms with Crippen molar-refractivity contribution in [2.75, 3.05) is 0 Å². The summed E-state index contributed by atoms with van der Waals surface area (Å²) < 4.78 is 59.3. The van der Waals surface area contributed by atoms with Crippen LogP contribution in [0.2, 0.25) is 0 Å². The smallest absolute Gasteiger partial charge is 0.445 e. The molecular formula is C5H3BF5S-.